The second kappa shape index (κ2) is 20.6. The highest BCUT2D eigenvalue weighted by molar-refractivity contribution is 5.79. The lowest BCUT2D eigenvalue weighted by molar-refractivity contribution is -0.120. The minimum atomic E-state index is 0.0583. The average Bonchev–Trinajstić information content (AvgIpc) is 3.42. The monoisotopic (exact) mass is 607 g/mol. The number of para-hydroxylation sites is 2. The molecule has 0 fully saturated rings. The molecule has 0 bridgehead atoms. The fourth-order valence-corrected chi connectivity index (χ4v) is 6.39. The molecular formula is C41H57N3O. The Kier molecular flexibility index (Phi) is 15.8. The summed E-state index contributed by atoms with van der Waals surface area (Å²) in [6.45, 7) is 3.89. The minimum absolute atomic E-state index is 0.0583. The average molecular weight is 608 g/mol. The molecule has 0 saturated heterocycles. The number of aryl methyl sites for hydroxylation is 1. The van der Waals surface area contributed by atoms with Crippen LogP contribution < -0.4 is 5.32 Å². The van der Waals surface area contributed by atoms with Gasteiger partial charge in [0.15, 0.2) is 0 Å². The van der Waals surface area contributed by atoms with Gasteiger partial charge in [-0.1, -0.05) is 170 Å². The zero-order valence-electron chi connectivity index (χ0n) is 28.0. The molecule has 45 heavy (non-hydrogen) atoms. The zero-order valence-corrected chi connectivity index (χ0v) is 28.0. The maximum atomic E-state index is 12.7. The van der Waals surface area contributed by atoms with Crippen LogP contribution in [0.15, 0.2) is 78.9 Å². The smallest absolute Gasteiger partial charge is 0.224 e. The first-order valence-corrected chi connectivity index (χ1v) is 18.1. The summed E-state index contributed by atoms with van der Waals surface area (Å²) < 4.78 is 2.38. The van der Waals surface area contributed by atoms with Gasteiger partial charge in [0.2, 0.25) is 5.91 Å². The number of imidazole rings is 1. The first-order chi connectivity index (χ1) is 22.2. The Morgan fingerprint density at radius 3 is 1.78 bits per heavy atom. The molecule has 0 atom stereocenters. The molecule has 0 radical (unpaired) electrons. The molecule has 0 aliphatic carbocycles. The van der Waals surface area contributed by atoms with Crippen molar-refractivity contribution < 1.29 is 4.79 Å². The van der Waals surface area contributed by atoms with Gasteiger partial charge in [0.1, 0.15) is 5.82 Å². The molecule has 1 heterocycles. The molecule has 1 N–H and O–H groups in total. The number of nitrogens with one attached hydrogen (secondary N) is 1. The second-order valence-corrected chi connectivity index (χ2v) is 12.8. The van der Waals surface area contributed by atoms with E-state index in [1.54, 1.807) is 0 Å². The molecule has 1 amide bonds. The van der Waals surface area contributed by atoms with Crippen molar-refractivity contribution in [3.05, 3.63) is 90.3 Å². The van der Waals surface area contributed by atoms with E-state index in [1.165, 1.54) is 119 Å². The SMILES string of the molecule is CCCCCCCCCCCCCCCCCCn1c(CCNC(=O)Cc2ccc(-c3ccccc3)cc2)nc2ccccc21. The van der Waals surface area contributed by atoms with Gasteiger partial charge >= 0.3 is 0 Å². The molecule has 4 nitrogen and oxygen atoms in total. The number of nitrogens with zero attached hydrogens (tertiary/aromatic N) is 2. The third-order valence-electron chi connectivity index (χ3n) is 9.07. The lowest BCUT2D eigenvalue weighted by Crippen LogP contribution is -2.28. The standard InChI is InChI=1S/C41H57N3O/c1-2-3-4-5-6-7-8-9-10-11-12-13-14-15-16-22-33-44-39-26-21-20-25-38(39)43-40(44)31-32-42-41(45)34-35-27-29-37(30-28-35)36-23-18-17-19-24-36/h17-21,23-30H,2-16,22,31-34H2,1H3,(H,42,45). The number of carbonyl (C=O) groups excluding carboxylic acids is 1. The van der Waals surface area contributed by atoms with Crippen LogP contribution in [-0.4, -0.2) is 22.0 Å². The summed E-state index contributed by atoms with van der Waals surface area (Å²) in [5.41, 5.74) is 5.65. The summed E-state index contributed by atoms with van der Waals surface area (Å²) in [6, 6.07) is 27.1. The van der Waals surface area contributed by atoms with E-state index in [4.69, 9.17) is 4.98 Å². The van der Waals surface area contributed by atoms with Crippen molar-refractivity contribution >= 4 is 16.9 Å². The highest BCUT2D eigenvalue weighted by Crippen LogP contribution is 2.20. The van der Waals surface area contributed by atoms with E-state index < -0.39 is 0 Å². The summed E-state index contributed by atoms with van der Waals surface area (Å²) in [5, 5.41) is 3.13. The highest BCUT2D eigenvalue weighted by Gasteiger charge is 2.11. The van der Waals surface area contributed by atoms with E-state index in [9.17, 15) is 4.79 Å². The van der Waals surface area contributed by atoms with Gasteiger partial charge in [0, 0.05) is 19.5 Å². The number of benzene rings is 3. The van der Waals surface area contributed by atoms with Crippen LogP contribution >= 0.6 is 0 Å². The molecule has 0 spiro atoms. The fraction of sp³-hybridized carbons (Fsp3) is 0.512. The summed E-state index contributed by atoms with van der Waals surface area (Å²) in [5.74, 6) is 1.13. The van der Waals surface area contributed by atoms with Gasteiger partial charge in [0.05, 0.1) is 17.5 Å². The maximum Gasteiger partial charge on any atom is 0.224 e. The Morgan fingerprint density at radius 1 is 0.622 bits per heavy atom. The van der Waals surface area contributed by atoms with Gasteiger partial charge in [-0.15, -0.1) is 0 Å². The van der Waals surface area contributed by atoms with Crippen LogP contribution in [0.1, 0.15) is 121 Å². The third kappa shape index (κ3) is 12.5. The van der Waals surface area contributed by atoms with E-state index in [2.05, 4.69) is 77.5 Å². The molecule has 4 aromatic rings. The Labute approximate surface area is 273 Å². The largest absolute Gasteiger partial charge is 0.355 e. The van der Waals surface area contributed by atoms with Crippen molar-refractivity contribution in [3.8, 4) is 11.1 Å². The zero-order chi connectivity index (χ0) is 31.4. The van der Waals surface area contributed by atoms with E-state index in [1.807, 2.05) is 18.2 Å². The molecule has 0 aliphatic heterocycles. The van der Waals surface area contributed by atoms with Crippen molar-refractivity contribution in [2.75, 3.05) is 6.54 Å². The number of rotatable bonds is 23. The van der Waals surface area contributed by atoms with E-state index in [-0.39, 0.29) is 5.91 Å². The van der Waals surface area contributed by atoms with Gasteiger partial charge in [-0.2, -0.15) is 0 Å². The maximum absolute atomic E-state index is 12.7. The van der Waals surface area contributed by atoms with Crippen LogP contribution in [0.2, 0.25) is 0 Å². The minimum Gasteiger partial charge on any atom is -0.355 e. The second-order valence-electron chi connectivity index (χ2n) is 12.8. The van der Waals surface area contributed by atoms with Crippen LogP contribution in [0, 0.1) is 0 Å². The summed E-state index contributed by atoms with van der Waals surface area (Å²) in [4.78, 5) is 17.6. The Bertz CT molecular complexity index is 1360. The molecule has 4 heteroatoms. The number of unbranched alkanes of at least 4 members (excludes halogenated alkanes) is 15. The number of hydrogen-bond donors (Lipinski definition) is 1. The van der Waals surface area contributed by atoms with Gasteiger partial charge in [-0.3, -0.25) is 4.79 Å². The number of hydrogen-bond acceptors (Lipinski definition) is 2. The topological polar surface area (TPSA) is 46.9 Å². The lowest BCUT2D eigenvalue weighted by Gasteiger charge is -2.10. The molecule has 4 rings (SSSR count). The number of amides is 1. The number of carbonyl (C=O) groups is 1. The Morgan fingerprint density at radius 2 is 1.16 bits per heavy atom. The summed E-state index contributed by atoms with van der Waals surface area (Å²) in [6.07, 6.45) is 23.3. The van der Waals surface area contributed by atoms with Crippen LogP contribution in [0.4, 0.5) is 0 Å². The van der Waals surface area contributed by atoms with E-state index >= 15 is 0 Å². The van der Waals surface area contributed by atoms with E-state index in [0.29, 0.717) is 13.0 Å². The predicted octanol–water partition coefficient (Wildman–Crippen LogP) is 10.9. The lowest BCUT2D eigenvalue weighted by atomic mass is 10.0. The van der Waals surface area contributed by atoms with Crippen LogP contribution in [0.3, 0.4) is 0 Å². The van der Waals surface area contributed by atoms with Gasteiger partial charge in [-0.25, -0.2) is 4.98 Å². The molecule has 242 valence electrons. The number of fused-ring (bicyclic) bond motifs is 1. The fourth-order valence-electron chi connectivity index (χ4n) is 6.39. The number of aromatic nitrogens is 2. The first-order valence-electron chi connectivity index (χ1n) is 18.1. The van der Waals surface area contributed by atoms with Crippen LogP contribution in [0.25, 0.3) is 22.2 Å². The van der Waals surface area contributed by atoms with Crippen LogP contribution in [-0.2, 0) is 24.2 Å². The molecule has 1 aromatic heterocycles. The van der Waals surface area contributed by atoms with Crippen molar-refractivity contribution in [2.45, 2.75) is 129 Å². The molecule has 3 aromatic carbocycles. The van der Waals surface area contributed by atoms with Gasteiger partial charge < -0.3 is 9.88 Å². The molecule has 0 saturated carbocycles. The van der Waals surface area contributed by atoms with Crippen molar-refractivity contribution in [1.29, 1.82) is 0 Å². The van der Waals surface area contributed by atoms with E-state index in [0.717, 1.165) is 29.9 Å². The van der Waals surface area contributed by atoms with Crippen molar-refractivity contribution in [2.24, 2.45) is 0 Å². The Balaban J connectivity index is 1.10. The molecular weight excluding hydrogens is 550 g/mol. The molecule has 0 aliphatic rings. The predicted molar refractivity (Wildman–Crippen MR) is 192 cm³/mol. The summed E-state index contributed by atoms with van der Waals surface area (Å²) >= 11 is 0. The normalized spacial score (nSPS) is 11.3. The summed E-state index contributed by atoms with van der Waals surface area (Å²) in [7, 11) is 0. The van der Waals surface area contributed by atoms with Gasteiger partial charge in [0.25, 0.3) is 0 Å². The first kappa shape index (κ1) is 34.5. The van der Waals surface area contributed by atoms with Gasteiger partial charge in [-0.05, 0) is 35.2 Å². The van der Waals surface area contributed by atoms with Crippen LogP contribution in [0.5, 0.6) is 0 Å². The highest BCUT2D eigenvalue weighted by atomic mass is 16.1. The Hall–Kier alpha value is -3.40. The molecule has 0 unspecified atom stereocenters. The third-order valence-corrected chi connectivity index (χ3v) is 9.07. The van der Waals surface area contributed by atoms with Crippen molar-refractivity contribution in [1.82, 2.24) is 14.9 Å². The van der Waals surface area contributed by atoms with Crippen molar-refractivity contribution in [3.63, 3.8) is 0 Å². The quantitative estimate of drug-likeness (QED) is 0.0853.